The van der Waals surface area contributed by atoms with Crippen molar-refractivity contribution >= 4 is 28.3 Å². The van der Waals surface area contributed by atoms with E-state index in [2.05, 4.69) is 9.97 Å². The molecule has 3 nitrogen and oxygen atoms in total. The molecule has 3 N–H and O–H groups in total. The molecule has 0 bridgehead atoms. The lowest BCUT2D eigenvalue weighted by atomic mass is 10.2. The minimum Gasteiger partial charge on any atom is -0.399 e. The van der Waals surface area contributed by atoms with Gasteiger partial charge in [-0.3, -0.25) is 0 Å². The minimum atomic E-state index is -0.980. The summed E-state index contributed by atoms with van der Waals surface area (Å²) in [4.78, 5) is 6.94. The van der Waals surface area contributed by atoms with Crippen LogP contribution in [-0.2, 0) is 0 Å². The number of nitrogens with one attached hydrogen (secondary N) is 1. The Morgan fingerprint density at radius 2 is 1.95 bits per heavy atom. The van der Waals surface area contributed by atoms with Crippen molar-refractivity contribution in [3.05, 3.63) is 47.0 Å². The zero-order valence-corrected chi connectivity index (χ0v) is 10.3. The molecule has 0 aliphatic heterocycles. The summed E-state index contributed by atoms with van der Waals surface area (Å²) in [7, 11) is 0. The van der Waals surface area contributed by atoms with E-state index in [4.69, 9.17) is 17.3 Å². The third-order valence-corrected chi connectivity index (χ3v) is 3.11. The Hall–Kier alpha value is -2.14. The molecule has 96 valence electrons. The number of H-pyrrole nitrogens is 1. The normalized spacial score (nSPS) is 11.1. The molecule has 0 saturated heterocycles. The van der Waals surface area contributed by atoms with Gasteiger partial charge in [-0.2, -0.15) is 0 Å². The fourth-order valence-corrected chi connectivity index (χ4v) is 2.15. The quantitative estimate of drug-likeness (QED) is 0.667. The number of nitrogens with two attached hydrogens (primary N) is 1. The van der Waals surface area contributed by atoms with Crippen molar-refractivity contribution in [3.63, 3.8) is 0 Å². The maximum absolute atomic E-state index is 13.6. The molecule has 0 spiro atoms. The molecule has 0 saturated carbocycles. The Labute approximate surface area is 112 Å². The van der Waals surface area contributed by atoms with E-state index in [1.54, 1.807) is 18.2 Å². The largest absolute Gasteiger partial charge is 0.399 e. The first-order chi connectivity index (χ1) is 9.06. The number of halogens is 3. The summed E-state index contributed by atoms with van der Waals surface area (Å²) in [5.74, 6) is -1.55. The van der Waals surface area contributed by atoms with E-state index in [0.717, 1.165) is 6.07 Å². The molecule has 6 heteroatoms. The number of hydrogen-bond acceptors (Lipinski definition) is 2. The Bertz CT molecular complexity index is 783. The first kappa shape index (κ1) is 11.9. The fourth-order valence-electron chi connectivity index (χ4n) is 1.87. The van der Waals surface area contributed by atoms with E-state index in [0.29, 0.717) is 27.6 Å². The third kappa shape index (κ3) is 1.92. The molecule has 0 fully saturated rings. The highest BCUT2D eigenvalue weighted by Gasteiger charge is 2.14. The van der Waals surface area contributed by atoms with Crippen LogP contribution < -0.4 is 5.73 Å². The van der Waals surface area contributed by atoms with Crippen LogP contribution in [0.15, 0.2) is 30.3 Å². The summed E-state index contributed by atoms with van der Waals surface area (Å²) in [5.41, 5.74) is 7.04. The topological polar surface area (TPSA) is 54.7 Å². The summed E-state index contributed by atoms with van der Waals surface area (Å²) in [6.45, 7) is 0. The maximum atomic E-state index is 13.6. The minimum absolute atomic E-state index is 0.0529. The van der Waals surface area contributed by atoms with Crippen LogP contribution in [0.2, 0.25) is 5.02 Å². The van der Waals surface area contributed by atoms with Crippen LogP contribution in [0.25, 0.3) is 22.4 Å². The highest BCUT2D eigenvalue weighted by atomic mass is 35.5. The average molecular weight is 280 g/mol. The predicted octanol–water partition coefficient (Wildman–Crippen LogP) is 3.74. The van der Waals surface area contributed by atoms with E-state index in [-0.39, 0.29) is 5.52 Å². The molecule has 0 radical (unpaired) electrons. The number of aromatic amines is 1. The standard InChI is InChI=1S/C13H8ClF2N3/c14-8-5-6(17)1-2-7(8)13-18-10-4-3-9(15)11(16)12(10)19-13/h1-5H,17H2,(H,18,19). The van der Waals surface area contributed by atoms with Gasteiger partial charge >= 0.3 is 0 Å². The van der Waals surface area contributed by atoms with Gasteiger partial charge in [0, 0.05) is 11.3 Å². The molecule has 2 aromatic carbocycles. The van der Waals surface area contributed by atoms with Gasteiger partial charge in [-0.25, -0.2) is 13.8 Å². The van der Waals surface area contributed by atoms with Gasteiger partial charge in [0.1, 0.15) is 11.3 Å². The van der Waals surface area contributed by atoms with Crippen LogP contribution in [0.3, 0.4) is 0 Å². The molecule has 1 aromatic heterocycles. The summed E-state index contributed by atoms with van der Waals surface area (Å²) < 4.78 is 26.7. The highest BCUT2D eigenvalue weighted by Crippen LogP contribution is 2.30. The number of nitrogens with zero attached hydrogens (tertiary/aromatic N) is 1. The van der Waals surface area contributed by atoms with Gasteiger partial charge < -0.3 is 10.7 Å². The van der Waals surface area contributed by atoms with Gasteiger partial charge in [-0.15, -0.1) is 0 Å². The molecule has 0 aliphatic rings. The molecular weight excluding hydrogens is 272 g/mol. The highest BCUT2D eigenvalue weighted by molar-refractivity contribution is 6.33. The molecule has 0 atom stereocenters. The second kappa shape index (κ2) is 4.20. The van der Waals surface area contributed by atoms with Crippen molar-refractivity contribution in [1.29, 1.82) is 0 Å². The number of imidazole rings is 1. The zero-order chi connectivity index (χ0) is 13.6. The molecule has 0 aliphatic carbocycles. The smallest absolute Gasteiger partial charge is 0.186 e. The van der Waals surface area contributed by atoms with Crippen molar-refractivity contribution < 1.29 is 8.78 Å². The van der Waals surface area contributed by atoms with E-state index < -0.39 is 11.6 Å². The van der Waals surface area contributed by atoms with Crippen LogP contribution in [0.1, 0.15) is 0 Å². The van der Waals surface area contributed by atoms with Crippen molar-refractivity contribution in [2.75, 3.05) is 5.73 Å². The maximum Gasteiger partial charge on any atom is 0.186 e. The van der Waals surface area contributed by atoms with E-state index in [1.807, 2.05) is 0 Å². The summed E-state index contributed by atoms with van der Waals surface area (Å²) in [6.07, 6.45) is 0. The predicted molar refractivity (Wildman–Crippen MR) is 70.9 cm³/mol. The third-order valence-electron chi connectivity index (χ3n) is 2.79. The van der Waals surface area contributed by atoms with Crippen molar-refractivity contribution in [2.45, 2.75) is 0 Å². The fraction of sp³-hybridized carbons (Fsp3) is 0. The number of aromatic nitrogens is 2. The first-order valence-corrected chi connectivity index (χ1v) is 5.83. The number of hydrogen-bond donors (Lipinski definition) is 2. The van der Waals surface area contributed by atoms with Crippen molar-refractivity contribution in [1.82, 2.24) is 9.97 Å². The molecule has 3 rings (SSSR count). The number of fused-ring (bicyclic) bond motifs is 1. The Kier molecular flexibility index (Phi) is 2.64. The number of benzene rings is 2. The second-order valence-corrected chi connectivity index (χ2v) is 4.49. The van der Waals surface area contributed by atoms with Gasteiger partial charge in [0.2, 0.25) is 0 Å². The first-order valence-electron chi connectivity index (χ1n) is 5.45. The van der Waals surface area contributed by atoms with Crippen LogP contribution in [0.5, 0.6) is 0 Å². The monoisotopic (exact) mass is 279 g/mol. The van der Waals surface area contributed by atoms with Crippen LogP contribution in [0.4, 0.5) is 14.5 Å². The average Bonchev–Trinajstić information content (AvgIpc) is 2.78. The molecular formula is C13H8ClF2N3. The van der Waals surface area contributed by atoms with Gasteiger partial charge in [-0.05, 0) is 30.3 Å². The van der Waals surface area contributed by atoms with Crippen LogP contribution in [0, 0.1) is 11.6 Å². The molecule has 0 amide bonds. The lowest BCUT2D eigenvalue weighted by Crippen LogP contribution is -1.87. The van der Waals surface area contributed by atoms with Gasteiger partial charge in [0.15, 0.2) is 11.6 Å². The van der Waals surface area contributed by atoms with Gasteiger partial charge in [-0.1, -0.05) is 11.6 Å². The van der Waals surface area contributed by atoms with E-state index in [1.165, 1.54) is 6.07 Å². The second-order valence-electron chi connectivity index (χ2n) is 4.08. The summed E-state index contributed by atoms with van der Waals surface area (Å²) >= 11 is 6.05. The molecule has 1 heterocycles. The van der Waals surface area contributed by atoms with Crippen LogP contribution >= 0.6 is 11.6 Å². The number of anilines is 1. The number of rotatable bonds is 1. The number of nitrogen functional groups attached to an aromatic ring is 1. The van der Waals surface area contributed by atoms with Crippen molar-refractivity contribution in [3.8, 4) is 11.4 Å². The van der Waals surface area contributed by atoms with E-state index in [9.17, 15) is 8.78 Å². The Morgan fingerprint density at radius 1 is 1.16 bits per heavy atom. The van der Waals surface area contributed by atoms with Crippen LogP contribution in [-0.4, -0.2) is 9.97 Å². The Balaban J connectivity index is 2.23. The molecule has 0 unspecified atom stereocenters. The lowest BCUT2D eigenvalue weighted by molar-refractivity contribution is 0.515. The molecule has 3 aromatic rings. The SMILES string of the molecule is Nc1ccc(-c2nc3c(F)c(F)ccc3[nH]2)c(Cl)c1. The van der Waals surface area contributed by atoms with E-state index >= 15 is 0 Å². The Morgan fingerprint density at radius 3 is 2.68 bits per heavy atom. The van der Waals surface area contributed by atoms with Crippen molar-refractivity contribution in [2.24, 2.45) is 0 Å². The molecule has 19 heavy (non-hydrogen) atoms. The van der Waals surface area contributed by atoms with Gasteiger partial charge in [0.05, 0.1) is 10.5 Å². The lowest BCUT2D eigenvalue weighted by Gasteiger charge is -2.01. The summed E-state index contributed by atoms with van der Waals surface area (Å²) in [5, 5.41) is 0.389. The summed E-state index contributed by atoms with van der Waals surface area (Å²) in [6, 6.07) is 7.37. The zero-order valence-electron chi connectivity index (χ0n) is 9.55. The van der Waals surface area contributed by atoms with Gasteiger partial charge in [0.25, 0.3) is 0 Å².